The first kappa shape index (κ1) is 17.8. The van der Waals surface area contributed by atoms with Gasteiger partial charge in [0.05, 0.1) is 23.4 Å². The minimum Gasteiger partial charge on any atom is -0.435 e. The first-order valence-electron chi connectivity index (χ1n) is 8.27. The number of amides is 1. The van der Waals surface area contributed by atoms with Crippen molar-refractivity contribution < 1.29 is 18.3 Å². The van der Waals surface area contributed by atoms with Crippen molar-refractivity contribution in [3.8, 4) is 5.75 Å². The van der Waals surface area contributed by atoms with Gasteiger partial charge in [0.15, 0.2) is 0 Å². The average molecular weight is 359 g/mol. The van der Waals surface area contributed by atoms with Gasteiger partial charge in [-0.05, 0) is 36.8 Å². The molecule has 26 heavy (non-hydrogen) atoms. The summed E-state index contributed by atoms with van der Waals surface area (Å²) < 4.78 is 30.6. The SMILES string of the molecule is CC(NC(=O)CCn1cnc2ccccc21)c1ccc(OC(F)F)cc1. The number of carbonyl (C=O) groups excluding carboxylic acids is 1. The smallest absolute Gasteiger partial charge is 0.387 e. The molecule has 1 aromatic heterocycles. The second-order valence-corrected chi connectivity index (χ2v) is 5.91. The molecule has 0 bridgehead atoms. The fourth-order valence-corrected chi connectivity index (χ4v) is 2.75. The van der Waals surface area contributed by atoms with Gasteiger partial charge in [0, 0.05) is 13.0 Å². The van der Waals surface area contributed by atoms with E-state index in [0.717, 1.165) is 16.6 Å². The Morgan fingerprint density at radius 3 is 2.65 bits per heavy atom. The van der Waals surface area contributed by atoms with Crippen LogP contribution < -0.4 is 10.1 Å². The maximum absolute atomic E-state index is 12.2. The Balaban J connectivity index is 1.54. The largest absolute Gasteiger partial charge is 0.435 e. The predicted octanol–water partition coefficient (Wildman–Crippen LogP) is 3.91. The molecular weight excluding hydrogens is 340 g/mol. The third-order valence-electron chi connectivity index (χ3n) is 4.09. The van der Waals surface area contributed by atoms with Gasteiger partial charge in [-0.3, -0.25) is 4.79 Å². The summed E-state index contributed by atoms with van der Waals surface area (Å²) in [5.41, 5.74) is 2.70. The van der Waals surface area contributed by atoms with Gasteiger partial charge >= 0.3 is 6.61 Å². The average Bonchev–Trinajstić information content (AvgIpc) is 3.03. The van der Waals surface area contributed by atoms with Crippen LogP contribution in [0.1, 0.15) is 24.9 Å². The highest BCUT2D eigenvalue weighted by atomic mass is 19.3. The molecule has 0 saturated carbocycles. The molecule has 5 nitrogen and oxygen atoms in total. The summed E-state index contributed by atoms with van der Waals surface area (Å²) in [6.07, 6.45) is 2.04. The number of alkyl halides is 2. The van der Waals surface area contributed by atoms with E-state index in [2.05, 4.69) is 15.0 Å². The van der Waals surface area contributed by atoms with Crippen molar-refractivity contribution >= 4 is 16.9 Å². The minimum atomic E-state index is -2.85. The number of fused-ring (bicyclic) bond motifs is 1. The maximum atomic E-state index is 12.2. The number of aromatic nitrogens is 2. The number of imidazole rings is 1. The van der Waals surface area contributed by atoms with E-state index in [-0.39, 0.29) is 17.7 Å². The molecule has 2 aromatic carbocycles. The molecule has 1 atom stereocenters. The molecule has 1 amide bonds. The fourth-order valence-electron chi connectivity index (χ4n) is 2.75. The summed E-state index contributed by atoms with van der Waals surface area (Å²) >= 11 is 0. The standard InChI is InChI=1S/C19H19F2N3O2/c1-13(14-6-8-15(9-7-14)26-19(20)21)23-18(25)10-11-24-12-22-16-4-2-3-5-17(16)24/h2-9,12-13,19H,10-11H2,1H3,(H,23,25). The Bertz CT molecular complexity index is 878. The van der Waals surface area contributed by atoms with Crippen molar-refractivity contribution in [3.05, 3.63) is 60.4 Å². The summed E-state index contributed by atoms with van der Waals surface area (Å²) in [5.74, 6) is -0.00236. The van der Waals surface area contributed by atoms with Gasteiger partial charge in [-0.1, -0.05) is 24.3 Å². The van der Waals surface area contributed by atoms with E-state index in [4.69, 9.17) is 0 Å². The van der Waals surface area contributed by atoms with Gasteiger partial charge in [0.1, 0.15) is 5.75 Å². The molecule has 136 valence electrons. The Morgan fingerprint density at radius 1 is 1.19 bits per heavy atom. The van der Waals surface area contributed by atoms with Crippen LogP contribution in [0.25, 0.3) is 11.0 Å². The maximum Gasteiger partial charge on any atom is 0.387 e. The number of benzene rings is 2. The van der Waals surface area contributed by atoms with Crippen LogP contribution in [0.2, 0.25) is 0 Å². The first-order chi connectivity index (χ1) is 12.5. The Kier molecular flexibility index (Phi) is 5.46. The molecule has 0 spiro atoms. The van der Waals surface area contributed by atoms with Gasteiger partial charge in [-0.2, -0.15) is 8.78 Å². The zero-order valence-corrected chi connectivity index (χ0v) is 14.2. The van der Waals surface area contributed by atoms with Gasteiger partial charge in [0.2, 0.25) is 5.91 Å². The molecule has 3 rings (SSSR count). The fraction of sp³-hybridized carbons (Fsp3) is 0.263. The Morgan fingerprint density at radius 2 is 1.92 bits per heavy atom. The number of hydrogen-bond acceptors (Lipinski definition) is 3. The van der Waals surface area contributed by atoms with E-state index in [1.807, 2.05) is 35.8 Å². The van der Waals surface area contributed by atoms with Crippen LogP contribution in [0.15, 0.2) is 54.9 Å². The summed E-state index contributed by atoms with van der Waals surface area (Å²) in [6, 6.07) is 13.8. The number of para-hydroxylation sites is 2. The second kappa shape index (κ2) is 7.95. The van der Waals surface area contributed by atoms with Gasteiger partial charge in [0.25, 0.3) is 0 Å². The number of halogens is 2. The molecule has 7 heteroatoms. The number of nitrogens with zero attached hydrogens (tertiary/aromatic N) is 2. The van der Waals surface area contributed by atoms with Crippen molar-refractivity contribution in [1.29, 1.82) is 0 Å². The molecule has 3 aromatic rings. The van der Waals surface area contributed by atoms with E-state index in [1.54, 1.807) is 18.5 Å². The van der Waals surface area contributed by atoms with E-state index >= 15 is 0 Å². The number of carbonyl (C=O) groups is 1. The quantitative estimate of drug-likeness (QED) is 0.696. The van der Waals surface area contributed by atoms with Crippen LogP contribution in [-0.2, 0) is 11.3 Å². The Labute approximate surface area is 149 Å². The highest BCUT2D eigenvalue weighted by Gasteiger charge is 2.11. The zero-order valence-electron chi connectivity index (χ0n) is 14.2. The van der Waals surface area contributed by atoms with Crippen molar-refractivity contribution in [2.24, 2.45) is 0 Å². The lowest BCUT2D eigenvalue weighted by molar-refractivity contribution is -0.121. The molecular formula is C19H19F2N3O2. The van der Waals surface area contributed by atoms with Gasteiger partial charge < -0.3 is 14.6 Å². The Hall–Kier alpha value is -2.96. The number of hydrogen-bond donors (Lipinski definition) is 1. The number of aryl methyl sites for hydroxylation is 1. The molecule has 1 N–H and O–H groups in total. The lowest BCUT2D eigenvalue weighted by Crippen LogP contribution is -2.27. The van der Waals surface area contributed by atoms with Crippen molar-refractivity contribution in [2.45, 2.75) is 32.5 Å². The summed E-state index contributed by atoms with van der Waals surface area (Å²) in [6.45, 7) is -0.481. The van der Waals surface area contributed by atoms with E-state index in [9.17, 15) is 13.6 Å². The summed E-state index contributed by atoms with van der Waals surface area (Å²) in [4.78, 5) is 16.5. The normalized spacial score (nSPS) is 12.3. The monoisotopic (exact) mass is 359 g/mol. The predicted molar refractivity (Wildman–Crippen MR) is 94.0 cm³/mol. The summed E-state index contributed by atoms with van der Waals surface area (Å²) in [7, 11) is 0. The van der Waals surface area contributed by atoms with Gasteiger partial charge in [-0.15, -0.1) is 0 Å². The third-order valence-corrected chi connectivity index (χ3v) is 4.09. The summed E-state index contributed by atoms with van der Waals surface area (Å²) in [5, 5.41) is 2.91. The minimum absolute atomic E-state index is 0.0919. The second-order valence-electron chi connectivity index (χ2n) is 5.91. The zero-order chi connectivity index (χ0) is 18.5. The van der Waals surface area contributed by atoms with Crippen LogP contribution in [0.4, 0.5) is 8.78 Å². The number of ether oxygens (including phenoxy) is 1. The molecule has 0 saturated heterocycles. The molecule has 0 aliphatic carbocycles. The van der Waals surface area contributed by atoms with Crippen LogP contribution in [0.3, 0.4) is 0 Å². The van der Waals surface area contributed by atoms with Crippen LogP contribution >= 0.6 is 0 Å². The number of nitrogens with one attached hydrogen (secondary N) is 1. The third kappa shape index (κ3) is 4.36. The highest BCUT2D eigenvalue weighted by Crippen LogP contribution is 2.19. The lowest BCUT2D eigenvalue weighted by atomic mass is 10.1. The van der Waals surface area contributed by atoms with Crippen molar-refractivity contribution in [1.82, 2.24) is 14.9 Å². The lowest BCUT2D eigenvalue weighted by Gasteiger charge is -2.15. The van der Waals surface area contributed by atoms with E-state index in [0.29, 0.717) is 13.0 Å². The van der Waals surface area contributed by atoms with Crippen LogP contribution in [0, 0.1) is 0 Å². The van der Waals surface area contributed by atoms with Crippen molar-refractivity contribution in [2.75, 3.05) is 0 Å². The molecule has 1 unspecified atom stereocenters. The van der Waals surface area contributed by atoms with E-state index in [1.165, 1.54) is 12.1 Å². The van der Waals surface area contributed by atoms with Crippen molar-refractivity contribution in [3.63, 3.8) is 0 Å². The first-order valence-corrected chi connectivity index (χ1v) is 8.27. The van der Waals surface area contributed by atoms with Gasteiger partial charge in [-0.25, -0.2) is 4.98 Å². The molecule has 1 heterocycles. The molecule has 0 aliphatic rings. The number of rotatable bonds is 7. The molecule has 0 fully saturated rings. The molecule has 0 aliphatic heterocycles. The topological polar surface area (TPSA) is 56.2 Å². The van der Waals surface area contributed by atoms with Crippen LogP contribution in [-0.4, -0.2) is 22.1 Å². The van der Waals surface area contributed by atoms with E-state index < -0.39 is 6.61 Å². The van der Waals surface area contributed by atoms with Crippen LogP contribution in [0.5, 0.6) is 5.75 Å². The molecule has 0 radical (unpaired) electrons. The highest BCUT2D eigenvalue weighted by molar-refractivity contribution is 5.77.